The normalized spacial score (nSPS) is 27.7. The second-order valence-corrected chi connectivity index (χ2v) is 17.4. The maximum Gasteiger partial charge on any atom is 0.237 e. The number of sulfonamides is 1. The fourth-order valence-corrected chi connectivity index (χ4v) is 10.4. The minimum Gasteiger partial charge on any atom is -0.369 e. The van der Waals surface area contributed by atoms with Gasteiger partial charge >= 0.3 is 0 Å². The van der Waals surface area contributed by atoms with E-state index in [1.165, 1.54) is 11.8 Å². The molecule has 4 rings (SSSR count). The number of benzene rings is 1. The number of piperazine rings is 1. The number of rotatable bonds is 11. The van der Waals surface area contributed by atoms with Crippen LogP contribution >= 0.6 is 0 Å². The van der Waals surface area contributed by atoms with Crippen molar-refractivity contribution in [2.75, 3.05) is 48.8 Å². The molecule has 40 heavy (non-hydrogen) atoms. The molecule has 1 heterocycles. The molecule has 0 radical (unpaired) electrons. The first kappa shape index (κ1) is 31.3. The van der Waals surface area contributed by atoms with Crippen molar-refractivity contribution in [2.24, 2.45) is 16.7 Å². The Bertz CT molecular complexity index is 1290. The molecule has 2 N–H and O–H groups in total. The van der Waals surface area contributed by atoms with E-state index in [0.29, 0.717) is 32.1 Å². The molecule has 11 heteroatoms. The van der Waals surface area contributed by atoms with Gasteiger partial charge in [-0.1, -0.05) is 45.9 Å². The van der Waals surface area contributed by atoms with Gasteiger partial charge in [0.2, 0.25) is 15.9 Å². The van der Waals surface area contributed by atoms with E-state index >= 15 is 0 Å². The molecular formula is C29H48N4O5S2. The van der Waals surface area contributed by atoms with Crippen LogP contribution < -0.4 is 15.5 Å². The predicted molar refractivity (Wildman–Crippen MR) is 161 cm³/mol. The van der Waals surface area contributed by atoms with Gasteiger partial charge in [0.15, 0.2) is 0 Å². The molecule has 0 spiro atoms. The molecular weight excluding hydrogens is 548 g/mol. The third-order valence-corrected chi connectivity index (χ3v) is 12.9. The number of hydrogen-bond donors (Lipinski definition) is 2. The van der Waals surface area contributed by atoms with E-state index in [-0.39, 0.29) is 41.3 Å². The van der Waals surface area contributed by atoms with Crippen LogP contribution in [-0.4, -0.2) is 89.1 Å². The topological polar surface area (TPSA) is 116 Å². The van der Waals surface area contributed by atoms with Gasteiger partial charge in [-0.25, -0.2) is 16.8 Å². The zero-order chi connectivity index (χ0) is 29.5. The average Bonchev–Trinajstić information content (AvgIpc) is 3.21. The Morgan fingerprint density at radius 3 is 2.30 bits per heavy atom. The van der Waals surface area contributed by atoms with Gasteiger partial charge in [-0.05, 0) is 55.6 Å². The molecule has 4 atom stereocenters. The monoisotopic (exact) mass is 596 g/mol. The van der Waals surface area contributed by atoms with Crippen LogP contribution in [0.3, 0.4) is 0 Å². The summed E-state index contributed by atoms with van der Waals surface area (Å²) in [6.07, 6.45) is 3.81. The van der Waals surface area contributed by atoms with Crippen molar-refractivity contribution in [3.63, 3.8) is 0 Å². The Balaban J connectivity index is 1.49. The van der Waals surface area contributed by atoms with Crippen LogP contribution in [0.1, 0.15) is 58.9 Å². The lowest BCUT2D eigenvalue weighted by atomic mass is 9.69. The van der Waals surface area contributed by atoms with E-state index in [2.05, 4.69) is 48.4 Å². The average molecular weight is 597 g/mol. The van der Waals surface area contributed by atoms with Crippen molar-refractivity contribution in [2.45, 2.75) is 78.4 Å². The highest BCUT2D eigenvalue weighted by Crippen LogP contribution is 2.66. The van der Waals surface area contributed by atoms with Crippen molar-refractivity contribution >= 4 is 31.5 Å². The number of anilines is 1. The number of nitrogens with one attached hydrogen (secondary N) is 2. The van der Waals surface area contributed by atoms with Gasteiger partial charge in [0, 0.05) is 55.6 Å². The van der Waals surface area contributed by atoms with Crippen LogP contribution in [0.5, 0.6) is 0 Å². The molecule has 2 aliphatic carbocycles. The number of hydrogen-bond acceptors (Lipinski definition) is 7. The first-order chi connectivity index (χ1) is 18.6. The van der Waals surface area contributed by atoms with Crippen molar-refractivity contribution in [3.05, 3.63) is 29.8 Å². The Morgan fingerprint density at radius 1 is 1.07 bits per heavy atom. The lowest BCUT2D eigenvalue weighted by Crippen LogP contribution is -2.58. The van der Waals surface area contributed by atoms with Crippen LogP contribution in [0.25, 0.3) is 0 Å². The molecule has 3 fully saturated rings. The first-order valence-corrected chi connectivity index (χ1v) is 18.3. The van der Waals surface area contributed by atoms with E-state index in [1.807, 2.05) is 26.0 Å². The summed E-state index contributed by atoms with van der Waals surface area (Å²) in [6.45, 7) is 12.4. The summed E-state index contributed by atoms with van der Waals surface area (Å²) >= 11 is 0. The number of amides is 1. The van der Waals surface area contributed by atoms with E-state index in [0.717, 1.165) is 24.9 Å². The number of para-hydroxylation sites is 1. The van der Waals surface area contributed by atoms with Crippen molar-refractivity contribution in [1.82, 2.24) is 14.9 Å². The molecule has 0 aromatic heterocycles. The number of aryl methyl sites for hydroxylation is 1. The molecule has 2 saturated carbocycles. The van der Waals surface area contributed by atoms with Gasteiger partial charge in [-0.3, -0.25) is 4.79 Å². The maximum atomic E-state index is 14.0. The zero-order valence-corrected chi connectivity index (χ0v) is 26.6. The van der Waals surface area contributed by atoms with Crippen LogP contribution in [0.15, 0.2) is 24.3 Å². The number of carbonyl (C=O) groups is 1. The summed E-state index contributed by atoms with van der Waals surface area (Å²) in [5, 5.41) is 6.44. The predicted octanol–water partition coefficient (Wildman–Crippen LogP) is 2.56. The molecule has 3 aliphatic rings. The van der Waals surface area contributed by atoms with E-state index < -0.39 is 31.3 Å². The number of nitrogens with zero attached hydrogens (tertiary/aromatic N) is 2. The largest absolute Gasteiger partial charge is 0.369 e. The van der Waals surface area contributed by atoms with E-state index in [1.54, 1.807) is 4.31 Å². The quantitative estimate of drug-likeness (QED) is 0.403. The molecule has 226 valence electrons. The highest BCUT2D eigenvalue weighted by molar-refractivity contribution is 7.90. The highest BCUT2D eigenvalue weighted by Gasteiger charge is 2.66. The standard InChI is InChI=1S/C29H48N4O5S2/c1-21(2)30-24(12-18-39(6,35)36)27(34)31-26-19-23-11-13-29(26,28(23,4)5)20-40(37,38)33-16-14-32(15-17-33)25-10-8-7-9-22(25)3/h7-10,21,23-24,26,30H,11-20H2,1-6H3,(H,31,34)/t23?,24-,26?,29?/m0/s1. The highest BCUT2D eigenvalue weighted by atomic mass is 32.2. The van der Waals surface area contributed by atoms with Crippen LogP contribution in [0.4, 0.5) is 5.69 Å². The zero-order valence-electron chi connectivity index (χ0n) is 24.9. The summed E-state index contributed by atoms with van der Waals surface area (Å²) < 4.78 is 53.2. The molecule has 2 bridgehead atoms. The first-order valence-electron chi connectivity index (χ1n) is 14.6. The second-order valence-electron chi connectivity index (χ2n) is 13.1. The molecule has 1 aromatic rings. The third kappa shape index (κ3) is 6.37. The van der Waals surface area contributed by atoms with Gasteiger partial charge < -0.3 is 15.5 Å². The Morgan fingerprint density at radius 2 is 1.73 bits per heavy atom. The van der Waals surface area contributed by atoms with Crippen LogP contribution in [0.2, 0.25) is 0 Å². The van der Waals surface area contributed by atoms with Gasteiger partial charge in [0.1, 0.15) is 9.84 Å². The molecule has 9 nitrogen and oxygen atoms in total. The van der Waals surface area contributed by atoms with Gasteiger partial charge in [-0.15, -0.1) is 0 Å². The van der Waals surface area contributed by atoms with Crippen LogP contribution in [0, 0.1) is 23.7 Å². The fourth-order valence-electron chi connectivity index (χ4n) is 7.46. The van der Waals surface area contributed by atoms with Gasteiger partial charge in [-0.2, -0.15) is 4.31 Å². The second kappa shape index (κ2) is 11.5. The van der Waals surface area contributed by atoms with E-state index in [4.69, 9.17) is 0 Å². The summed E-state index contributed by atoms with van der Waals surface area (Å²) in [5.41, 5.74) is 1.52. The smallest absolute Gasteiger partial charge is 0.237 e. The number of sulfone groups is 1. The number of fused-ring (bicyclic) bond motifs is 2. The minimum absolute atomic E-state index is 0.000501. The molecule has 1 amide bonds. The molecule has 3 unspecified atom stereocenters. The van der Waals surface area contributed by atoms with Crippen LogP contribution in [-0.2, 0) is 24.7 Å². The lowest BCUT2D eigenvalue weighted by molar-refractivity contribution is -0.125. The molecule has 1 saturated heterocycles. The van der Waals surface area contributed by atoms with Gasteiger partial charge in [0.05, 0.1) is 17.5 Å². The Hall–Kier alpha value is -1.69. The molecule has 1 aromatic carbocycles. The Kier molecular flexibility index (Phi) is 9.01. The summed E-state index contributed by atoms with van der Waals surface area (Å²) in [6, 6.07) is 7.26. The Labute approximate surface area is 241 Å². The summed E-state index contributed by atoms with van der Waals surface area (Å²) in [4.78, 5) is 15.8. The number of carbonyl (C=O) groups excluding carboxylic acids is 1. The maximum absolute atomic E-state index is 14.0. The van der Waals surface area contributed by atoms with Crippen molar-refractivity contribution in [1.29, 1.82) is 0 Å². The summed E-state index contributed by atoms with van der Waals surface area (Å²) in [5.74, 6) is 0.0231. The fraction of sp³-hybridized carbons (Fsp3) is 0.759. The summed E-state index contributed by atoms with van der Waals surface area (Å²) in [7, 11) is -6.80. The van der Waals surface area contributed by atoms with Crippen molar-refractivity contribution in [3.8, 4) is 0 Å². The van der Waals surface area contributed by atoms with E-state index in [9.17, 15) is 21.6 Å². The minimum atomic E-state index is -3.57. The SMILES string of the molecule is Cc1ccccc1N1CCN(S(=O)(=O)CC23CCC(CC2NC(=O)[C@H](CCS(C)(=O)=O)NC(C)C)C3(C)C)CC1. The van der Waals surface area contributed by atoms with Crippen molar-refractivity contribution < 1.29 is 21.6 Å². The lowest BCUT2D eigenvalue weighted by Gasteiger charge is -2.44. The molecule has 1 aliphatic heterocycles. The van der Waals surface area contributed by atoms with Gasteiger partial charge in [0.25, 0.3) is 0 Å². The third-order valence-electron chi connectivity index (χ3n) is 9.90.